The maximum Gasteiger partial charge on any atom is 0.254 e. The lowest BCUT2D eigenvalue weighted by Crippen LogP contribution is -2.52. The number of morpholine rings is 2. The number of benzene rings is 1. The number of carbonyl (C=O) groups excluding carboxylic acids is 1. The van der Waals surface area contributed by atoms with Crippen molar-refractivity contribution in [2.24, 2.45) is 0 Å². The number of aliphatic hydroxyl groups excluding tert-OH is 1. The summed E-state index contributed by atoms with van der Waals surface area (Å²) in [6.45, 7) is 13.8. The smallest absolute Gasteiger partial charge is 0.254 e. The first-order chi connectivity index (χ1) is 16.7. The van der Waals surface area contributed by atoms with Crippen LogP contribution >= 0.6 is 0 Å². The number of nitrogens with zero attached hydrogens (tertiary/aromatic N) is 3. The Morgan fingerprint density at radius 1 is 1.20 bits per heavy atom. The highest BCUT2D eigenvalue weighted by atomic mass is 16.5. The van der Waals surface area contributed by atoms with Crippen LogP contribution in [0, 0.1) is 0 Å². The third kappa shape index (κ3) is 9.67. The summed E-state index contributed by atoms with van der Waals surface area (Å²) in [5, 5.41) is 10.4. The van der Waals surface area contributed by atoms with Gasteiger partial charge in [-0.2, -0.15) is 0 Å². The van der Waals surface area contributed by atoms with Gasteiger partial charge in [0.05, 0.1) is 51.3 Å². The molecule has 2 saturated heterocycles. The van der Waals surface area contributed by atoms with Crippen LogP contribution in [-0.4, -0.2) is 129 Å². The van der Waals surface area contributed by atoms with Crippen molar-refractivity contribution >= 4 is 5.91 Å². The van der Waals surface area contributed by atoms with E-state index in [1.165, 1.54) is 0 Å². The fourth-order valence-electron chi connectivity index (χ4n) is 4.30. The van der Waals surface area contributed by atoms with Crippen molar-refractivity contribution in [3.63, 3.8) is 0 Å². The number of methoxy groups -OCH3 is 1. The van der Waals surface area contributed by atoms with E-state index in [1.54, 1.807) is 13.2 Å². The van der Waals surface area contributed by atoms with Gasteiger partial charge in [0.25, 0.3) is 5.91 Å². The van der Waals surface area contributed by atoms with Gasteiger partial charge in [0.1, 0.15) is 5.75 Å². The number of amides is 1. The summed E-state index contributed by atoms with van der Waals surface area (Å²) in [5.74, 6) is 0.632. The van der Waals surface area contributed by atoms with Gasteiger partial charge in [-0.1, -0.05) is 6.07 Å². The molecule has 1 amide bonds. The summed E-state index contributed by atoms with van der Waals surface area (Å²) >= 11 is 0. The van der Waals surface area contributed by atoms with Crippen molar-refractivity contribution in [2.75, 3.05) is 85.9 Å². The molecule has 2 aliphatic heterocycles. The molecule has 2 unspecified atom stereocenters. The fraction of sp³-hybridized carbons (Fsp3) is 0.731. The second-order valence-electron chi connectivity index (χ2n) is 10.3. The number of hydrogen-bond donors (Lipinski definition) is 1. The van der Waals surface area contributed by atoms with Crippen molar-refractivity contribution in [1.29, 1.82) is 0 Å². The van der Waals surface area contributed by atoms with E-state index in [4.69, 9.17) is 18.9 Å². The molecule has 2 atom stereocenters. The topological polar surface area (TPSA) is 83.9 Å². The molecule has 0 radical (unpaired) electrons. The zero-order chi connectivity index (χ0) is 25.3. The van der Waals surface area contributed by atoms with Crippen molar-refractivity contribution in [3.05, 3.63) is 29.8 Å². The largest absolute Gasteiger partial charge is 0.497 e. The molecule has 35 heavy (non-hydrogen) atoms. The lowest BCUT2D eigenvalue weighted by molar-refractivity contribution is -0.0783. The Morgan fingerprint density at radius 3 is 2.66 bits per heavy atom. The molecule has 9 nitrogen and oxygen atoms in total. The summed E-state index contributed by atoms with van der Waals surface area (Å²) in [4.78, 5) is 19.9. The Labute approximate surface area is 209 Å². The number of ether oxygens (including phenoxy) is 4. The molecule has 1 aromatic carbocycles. The number of hydrogen-bond acceptors (Lipinski definition) is 8. The Bertz CT molecular complexity index is 781. The third-order valence-corrected chi connectivity index (χ3v) is 6.22. The standard InChI is InChI=1S/C26H43N3O6/c1-26(2,3)35-20-22(30)17-28-12-15-34-24(18-28)19-29(9-8-27-10-13-33-14-11-27)25(31)21-6-5-7-23(16-21)32-4/h5-7,16,22,24,30H,8-15,17-20H2,1-4H3. The van der Waals surface area contributed by atoms with E-state index < -0.39 is 6.10 Å². The highest BCUT2D eigenvalue weighted by Crippen LogP contribution is 2.17. The van der Waals surface area contributed by atoms with Crippen LogP contribution in [0.3, 0.4) is 0 Å². The monoisotopic (exact) mass is 493 g/mol. The van der Waals surface area contributed by atoms with Crippen molar-refractivity contribution < 1.29 is 28.8 Å². The number of rotatable bonds is 11. The molecule has 198 valence electrons. The minimum absolute atomic E-state index is 0.0310. The first-order valence-electron chi connectivity index (χ1n) is 12.6. The molecule has 0 saturated carbocycles. The van der Waals surface area contributed by atoms with Gasteiger partial charge in [-0.15, -0.1) is 0 Å². The van der Waals surface area contributed by atoms with Crippen molar-refractivity contribution in [2.45, 2.75) is 38.6 Å². The Hall–Kier alpha value is -1.75. The van der Waals surface area contributed by atoms with Crippen LogP contribution < -0.4 is 4.74 Å². The lowest BCUT2D eigenvalue weighted by atomic mass is 10.1. The van der Waals surface area contributed by atoms with Crippen LogP contribution in [-0.2, 0) is 14.2 Å². The van der Waals surface area contributed by atoms with Crippen LogP contribution in [0.2, 0.25) is 0 Å². The highest BCUT2D eigenvalue weighted by Gasteiger charge is 2.28. The molecule has 3 rings (SSSR count). The molecule has 0 bridgehead atoms. The molecule has 0 aromatic heterocycles. The minimum atomic E-state index is -0.566. The van der Waals surface area contributed by atoms with E-state index in [2.05, 4.69) is 9.80 Å². The molecule has 2 heterocycles. The second kappa shape index (κ2) is 13.5. The van der Waals surface area contributed by atoms with Crippen LogP contribution in [0.4, 0.5) is 0 Å². The molecule has 2 fully saturated rings. The lowest BCUT2D eigenvalue weighted by Gasteiger charge is -2.37. The number of carbonyl (C=O) groups is 1. The maximum atomic E-state index is 13.5. The second-order valence-corrected chi connectivity index (χ2v) is 10.3. The van der Waals surface area contributed by atoms with Gasteiger partial charge < -0.3 is 29.0 Å². The number of β-amino-alcohol motifs (C(OH)–C–C–N with tert-alkyl or cyclic N) is 1. The van der Waals surface area contributed by atoms with E-state index in [1.807, 2.05) is 43.9 Å². The Morgan fingerprint density at radius 2 is 1.94 bits per heavy atom. The van der Waals surface area contributed by atoms with Gasteiger partial charge in [-0.25, -0.2) is 0 Å². The molecule has 1 aromatic rings. The zero-order valence-electron chi connectivity index (χ0n) is 21.8. The van der Waals surface area contributed by atoms with E-state index in [0.29, 0.717) is 50.7 Å². The summed E-state index contributed by atoms with van der Waals surface area (Å²) < 4.78 is 22.6. The van der Waals surface area contributed by atoms with Crippen LogP contribution in [0.15, 0.2) is 24.3 Å². The average molecular weight is 494 g/mol. The normalized spacial score (nSPS) is 21.0. The molecule has 2 aliphatic rings. The van der Waals surface area contributed by atoms with E-state index in [-0.39, 0.29) is 17.6 Å². The van der Waals surface area contributed by atoms with Crippen LogP contribution in [0.1, 0.15) is 31.1 Å². The first kappa shape index (κ1) is 27.8. The van der Waals surface area contributed by atoms with Gasteiger partial charge in [0.2, 0.25) is 0 Å². The number of aliphatic hydroxyl groups is 1. The summed E-state index contributed by atoms with van der Waals surface area (Å²) in [5.41, 5.74) is 0.324. The summed E-state index contributed by atoms with van der Waals surface area (Å²) in [6, 6.07) is 7.29. The predicted octanol–water partition coefficient (Wildman–Crippen LogP) is 1.35. The van der Waals surface area contributed by atoms with Crippen LogP contribution in [0.5, 0.6) is 5.75 Å². The Kier molecular flexibility index (Phi) is 10.8. The molecule has 0 aliphatic carbocycles. The van der Waals surface area contributed by atoms with E-state index in [0.717, 1.165) is 39.4 Å². The molecule has 0 spiro atoms. The van der Waals surface area contributed by atoms with Gasteiger partial charge in [0, 0.05) is 57.9 Å². The Balaban J connectivity index is 1.61. The predicted molar refractivity (Wildman–Crippen MR) is 134 cm³/mol. The molecule has 1 N–H and O–H groups in total. The fourth-order valence-corrected chi connectivity index (χ4v) is 4.30. The summed E-state index contributed by atoms with van der Waals surface area (Å²) in [7, 11) is 1.60. The quantitative estimate of drug-likeness (QED) is 0.495. The maximum absolute atomic E-state index is 13.5. The highest BCUT2D eigenvalue weighted by molar-refractivity contribution is 5.94. The van der Waals surface area contributed by atoms with Crippen molar-refractivity contribution in [1.82, 2.24) is 14.7 Å². The molecular formula is C26H43N3O6. The van der Waals surface area contributed by atoms with Crippen LogP contribution in [0.25, 0.3) is 0 Å². The molecule has 9 heteroatoms. The van der Waals surface area contributed by atoms with Crippen molar-refractivity contribution in [3.8, 4) is 5.75 Å². The van der Waals surface area contributed by atoms with Gasteiger partial charge in [-0.3, -0.25) is 14.6 Å². The zero-order valence-corrected chi connectivity index (χ0v) is 21.8. The van der Waals surface area contributed by atoms with Gasteiger partial charge in [-0.05, 0) is 39.0 Å². The van der Waals surface area contributed by atoms with Gasteiger partial charge >= 0.3 is 0 Å². The van der Waals surface area contributed by atoms with E-state index >= 15 is 0 Å². The average Bonchev–Trinajstić information content (AvgIpc) is 2.85. The minimum Gasteiger partial charge on any atom is -0.497 e. The van der Waals surface area contributed by atoms with Gasteiger partial charge in [0.15, 0.2) is 0 Å². The van der Waals surface area contributed by atoms with E-state index in [9.17, 15) is 9.90 Å². The third-order valence-electron chi connectivity index (χ3n) is 6.22. The summed E-state index contributed by atoms with van der Waals surface area (Å²) in [6.07, 6.45) is -0.692. The SMILES string of the molecule is COc1cccc(C(=O)N(CCN2CCOCC2)CC2CN(CC(O)COC(C)(C)C)CCO2)c1. The molecular weight excluding hydrogens is 450 g/mol. The first-order valence-corrected chi connectivity index (χ1v) is 12.6.